The maximum atomic E-state index is 11.3. The molecule has 0 atom stereocenters. The molecule has 0 bridgehead atoms. The number of aromatic nitrogens is 2. The summed E-state index contributed by atoms with van der Waals surface area (Å²) in [6, 6.07) is 10.3. The van der Waals surface area contributed by atoms with E-state index in [2.05, 4.69) is 0 Å². The minimum atomic E-state index is -5.17. The Hall–Kier alpha value is -0.884. The second kappa shape index (κ2) is 15.4. The first-order valence-electron chi connectivity index (χ1n) is 5.15. The summed E-state index contributed by atoms with van der Waals surface area (Å²) < 4.78 is 35.6. The Morgan fingerprint density at radius 3 is 1.28 bits per heavy atom. The van der Waals surface area contributed by atoms with Gasteiger partial charge >= 0.3 is 23.1 Å². The second-order valence-electron chi connectivity index (χ2n) is 3.30. The van der Waals surface area contributed by atoms with Crippen molar-refractivity contribution in [2.75, 3.05) is 0 Å². The van der Waals surface area contributed by atoms with Crippen LogP contribution in [0.2, 0.25) is 0 Å². The summed E-state index contributed by atoms with van der Waals surface area (Å²) in [5, 5.41) is 23.8. The van der Waals surface area contributed by atoms with Crippen LogP contribution in [0.1, 0.15) is 0 Å². The van der Waals surface area contributed by atoms with Gasteiger partial charge in [0.05, 0.1) is 0 Å². The Morgan fingerprint density at radius 2 is 1.04 bits per heavy atom. The van der Waals surface area contributed by atoms with Gasteiger partial charge in [0.15, 0.2) is 12.4 Å². The molecule has 0 unspecified atom stereocenters. The van der Waals surface area contributed by atoms with E-state index in [1.165, 1.54) is 34.0 Å². The minimum absolute atomic E-state index is 0. The molecule has 11 nitrogen and oxygen atoms in total. The fourth-order valence-electron chi connectivity index (χ4n) is 1.04. The van der Waals surface area contributed by atoms with Gasteiger partial charge in [-0.05, 0) is 12.1 Å². The normalized spacial score (nSPS) is 8.88. The molecule has 0 aliphatic rings. The molecule has 0 aliphatic heterocycles. The average Bonchev–Trinajstić information content (AvgIpc) is 2.37. The molecular weight excluding hydrogens is 413 g/mol. The summed E-state index contributed by atoms with van der Waals surface area (Å²) >= 11 is 0. The molecule has 0 spiro atoms. The maximum Gasteiger partial charge on any atom is 2.00 e. The third kappa shape index (κ3) is 15.1. The van der Waals surface area contributed by atoms with Gasteiger partial charge in [-0.1, -0.05) is 0 Å². The predicted octanol–water partition coefficient (Wildman–Crippen LogP) is -2.44. The zero-order valence-corrected chi connectivity index (χ0v) is 16.3. The Balaban J connectivity index is -0.000000219. The zero-order valence-electron chi connectivity index (χ0n) is 12.4. The third-order valence-corrected chi connectivity index (χ3v) is 4.12. The summed E-state index contributed by atoms with van der Waals surface area (Å²) in [6.07, 6.45) is 2.86. The Labute approximate surface area is 167 Å². The van der Waals surface area contributed by atoms with E-state index < -0.39 is 10.4 Å². The largest absolute Gasteiger partial charge is 2.00 e. The number of rotatable bonds is 3. The van der Waals surface area contributed by atoms with E-state index in [4.69, 9.17) is 17.5 Å². The van der Waals surface area contributed by atoms with Crippen LogP contribution in [0.5, 0.6) is 0 Å². The monoisotopic (exact) mass is 426 g/mol. The van der Waals surface area contributed by atoms with Crippen LogP contribution in [0.15, 0.2) is 58.8 Å². The third-order valence-electron chi connectivity index (χ3n) is 1.79. The van der Waals surface area contributed by atoms with E-state index in [1.54, 1.807) is 36.4 Å². The molecule has 0 fully saturated rings. The van der Waals surface area contributed by atoms with Crippen molar-refractivity contribution in [2.24, 2.45) is 0 Å². The second-order valence-corrected chi connectivity index (χ2v) is 6.29. The van der Waals surface area contributed by atoms with E-state index in [0.717, 1.165) is 9.46 Å². The van der Waals surface area contributed by atoms with Gasteiger partial charge in [-0.3, -0.25) is 8.42 Å². The zero-order chi connectivity index (χ0) is 15.9. The first-order valence-corrected chi connectivity index (χ1v) is 8.63. The SMILES string of the molecule is O.O.O.O=S(=O)([O-])[O-].[Mg+2].[O-][n+]1ccccc1SSc1cccc[n+]1[O-]. The van der Waals surface area contributed by atoms with E-state index >= 15 is 0 Å². The molecule has 2 aromatic rings. The van der Waals surface area contributed by atoms with Gasteiger partial charge in [-0.25, -0.2) is 0 Å². The first-order chi connectivity index (χ1) is 9.77. The van der Waals surface area contributed by atoms with Gasteiger partial charge in [0.2, 0.25) is 0 Å². The van der Waals surface area contributed by atoms with Gasteiger partial charge in [0, 0.05) is 56.3 Å². The van der Waals surface area contributed by atoms with Crippen molar-refractivity contribution < 1.29 is 43.4 Å². The Bertz CT molecular complexity index is 652. The molecule has 0 aromatic carbocycles. The van der Waals surface area contributed by atoms with Crippen LogP contribution in [0.3, 0.4) is 0 Å². The molecule has 0 saturated carbocycles. The molecular formula is C10H14MgN2O9S3. The standard InChI is InChI=1S/C10H8N2O2S2.Mg.H2O4S.3H2O/c13-11-7-3-1-5-9(11)15-16-10-6-2-4-8-12(10)14;;1-5(2,3)4;;;/h1-8H;;(H2,1,2,3,4);3*1H2/q;+2;;;;/p-2. The van der Waals surface area contributed by atoms with Gasteiger partial charge in [0.25, 0.3) is 10.1 Å². The van der Waals surface area contributed by atoms with Crippen molar-refractivity contribution in [3.05, 3.63) is 59.2 Å². The number of hydrogen-bond acceptors (Lipinski definition) is 8. The van der Waals surface area contributed by atoms with Crippen molar-refractivity contribution in [3.8, 4) is 0 Å². The van der Waals surface area contributed by atoms with E-state index in [9.17, 15) is 10.4 Å². The summed E-state index contributed by atoms with van der Waals surface area (Å²) in [4.78, 5) is 0. The van der Waals surface area contributed by atoms with Crippen LogP contribution in [-0.4, -0.2) is 57.0 Å². The maximum absolute atomic E-state index is 11.3. The van der Waals surface area contributed by atoms with Crippen molar-refractivity contribution in [3.63, 3.8) is 0 Å². The summed E-state index contributed by atoms with van der Waals surface area (Å²) in [6.45, 7) is 0. The number of hydrogen-bond donors (Lipinski definition) is 0. The first kappa shape index (κ1) is 31.8. The van der Waals surface area contributed by atoms with E-state index in [0.29, 0.717) is 10.1 Å². The Kier molecular flexibility index (Phi) is 19.6. The fourth-order valence-corrected chi connectivity index (χ4v) is 3.03. The topological polar surface area (TPSA) is 229 Å². The van der Waals surface area contributed by atoms with Gasteiger partial charge < -0.3 is 35.9 Å². The summed E-state index contributed by atoms with van der Waals surface area (Å²) in [7, 11) is -2.65. The van der Waals surface area contributed by atoms with Crippen LogP contribution in [-0.2, 0) is 10.4 Å². The minimum Gasteiger partial charge on any atom is -0.759 e. The smallest absolute Gasteiger partial charge is 0.759 e. The van der Waals surface area contributed by atoms with Crippen LogP contribution in [0, 0.1) is 10.4 Å². The number of pyridine rings is 2. The van der Waals surface area contributed by atoms with Crippen molar-refractivity contribution in [2.45, 2.75) is 10.1 Å². The Morgan fingerprint density at radius 1 is 0.760 bits per heavy atom. The van der Waals surface area contributed by atoms with E-state index in [1.807, 2.05) is 0 Å². The molecule has 2 heterocycles. The molecule has 138 valence electrons. The van der Waals surface area contributed by atoms with Crippen LogP contribution >= 0.6 is 21.6 Å². The van der Waals surface area contributed by atoms with Gasteiger partial charge in [-0.2, -0.15) is 9.46 Å². The summed E-state index contributed by atoms with van der Waals surface area (Å²) in [5.41, 5.74) is 0. The molecule has 2 rings (SSSR count). The van der Waals surface area contributed by atoms with Gasteiger partial charge in [0.1, 0.15) is 0 Å². The molecule has 2 aromatic heterocycles. The van der Waals surface area contributed by atoms with Crippen molar-refractivity contribution >= 4 is 55.0 Å². The average molecular weight is 427 g/mol. The van der Waals surface area contributed by atoms with Crippen molar-refractivity contribution in [1.82, 2.24) is 0 Å². The predicted molar refractivity (Wildman–Crippen MR) is 89.6 cm³/mol. The van der Waals surface area contributed by atoms with Crippen molar-refractivity contribution in [1.29, 1.82) is 0 Å². The molecule has 0 saturated heterocycles. The van der Waals surface area contributed by atoms with Crippen LogP contribution in [0.25, 0.3) is 0 Å². The van der Waals surface area contributed by atoms with Crippen LogP contribution < -0.4 is 9.46 Å². The molecule has 0 amide bonds. The van der Waals surface area contributed by atoms with E-state index in [-0.39, 0.29) is 39.5 Å². The molecule has 25 heavy (non-hydrogen) atoms. The molecule has 15 heteroatoms. The summed E-state index contributed by atoms with van der Waals surface area (Å²) in [5.74, 6) is 0. The quantitative estimate of drug-likeness (QED) is 0.127. The fraction of sp³-hybridized carbons (Fsp3) is 0. The van der Waals surface area contributed by atoms with Crippen LogP contribution in [0.4, 0.5) is 0 Å². The number of nitrogens with zero attached hydrogens (tertiary/aromatic N) is 2. The molecule has 0 radical (unpaired) electrons. The molecule has 0 aliphatic carbocycles. The van der Waals surface area contributed by atoms with Gasteiger partial charge in [-0.15, -0.1) is 0 Å². The molecule has 6 N–H and O–H groups in total.